The van der Waals surface area contributed by atoms with Crippen LogP contribution in [0.5, 0.6) is 11.5 Å². The summed E-state index contributed by atoms with van der Waals surface area (Å²) in [5.74, 6) is -0.115. The van der Waals surface area contributed by atoms with E-state index in [0.29, 0.717) is 13.1 Å². The Kier molecular flexibility index (Phi) is 7.44. The number of halogens is 4. The molecular formula is C14H18ClF3N2O3. The second-order valence-corrected chi connectivity index (χ2v) is 4.77. The number of hydrogen-bond donors (Lipinski definition) is 1. The molecule has 1 aliphatic heterocycles. The summed E-state index contributed by atoms with van der Waals surface area (Å²) in [5.41, 5.74) is 0. The third-order valence-electron chi connectivity index (χ3n) is 3.06. The zero-order valence-electron chi connectivity index (χ0n) is 12.3. The Morgan fingerprint density at radius 2 is 1.70 bits per heavy atom. The van der Waals surface area contributed by atoms with Crippen LogP contribution in [-0.2, 0) is 4.79 Å². The van der Waals surface area contributed by atoms with Crippen molar-refractivity contribution in [2.45, 2.75) is 6.18 Å². The first-order chi connectivity index (χ1) is 10.5. The minimum atomic E-state index is -4.43. The lowest BCUT2D eigenvalue weighted by molar-refractivity contribution is -0.153. The fourth-order valence-corrected chi connectivity index (χ4v) is 1.99. The molecule has 0 aromatic heterocycles. The molecule has 1 N–H and O–H groups in total. The molecule has 130 valence electrons. The van der Waals surface area contributed by atoms with Gasteiger partial charge >= 0.3 is 6.18 Å². The summed E-state index contributed by atoms with van der Waals surface area (Å²) in [6.45, 7) is 0.988. The maximum Gasteiger partial charge on any atom is 0.422 e. The Labute approximate surface area is 138 Å². The highest BCUT2D eigenvalue weighted by molar-refractivity contribution is 5.85. The Morgan fingerprint density at radius 1 is 1.13 bits per heavy atom. The van der Waals surface area contributed by atoms with Gasteiger partial charge in [0.05, 0.1) is 0 Å². The molecule has 1 aromatic rings. The lowest BCUT2D eigenvalue weighted by atomic mass is 10.3. The average Bonchev–Trinajstić information content (AvgIpc) is 2.51. The van der Waals surface area contributed by atoms with Crippen molar-refractivity contribution in [3.63, 3.8) is 0 Å². The molecule has 0 atom stereocenters. The lowest BCUT2D eigenvalue weighted by Crippen LogP contribution is -2.47. The van der Waals surface area contributed by atoms with E-state index in [1.807, 2.05) is 0 Å². The van der Waals surface area contributed by atoms with Gasteiger partial charge in [-0.05, 0) is 12.1 Å². The Morgan fingerprint density at radius 3 is 2.26 bits per heavy atom. The summed E-state index contributed by atoms with van der Waals surface area (Å²) in [7, 11) is 0. The van der Waals surface area contributed by atoms with Gasteiger partial charge in [0.25, 0.3) is 5.91 Å². The predicted molar refractivity (Wildman–Crippen MR) is 80.2 cm³/mol. The minimum absolute atomic E-state index is 0. The normalized spacial score (nSPS) is 14.8. The van der Waals surface area contributed by atoms with Gasteiger partial charge in [-0.1, -0.05) is 12.1 Å². The molecule has 1 aliphatic rings. The molecule has 0 saturated carbocycles. The molecule has 1 fully saturated rings. The molecule has 0 spiro atoms. The van der Waals surface area contributed by atoms with Crippen molar-refractivity contribution in [1.82, 2.24) is 10.2 Å². The van der Waals surface area contributed by atoms with E-state index < -0.39 is 12.8 Å². The number of rotatable bonds is 5. The highest BCUT2D eigenvalue weighted by Crippen LogP contribution is 2.28. The largest absolute Gasteiger partial charge is 0.480 e. The number of piperazine rings is 1. The Bertz CT molecular complexity index is 508. The highest BCUT2D eigenvalue weighted by Gasteiger charge is 2.29. The number of alkyl halides is 3. The number of nitrogens with zero attached hydrogens (tertiary/aromatic N) is 1. The minimum Gasteiger partial charge on any atom is -0.480 e. The van der Waals surface area contributed by atoms with Crippen LogP contribution in [-0.4, -0.2) is 56.4 Å². The van der Waals surface area contributed by atoms with Gasteiger partial charge in [0.1, 0.15) is 0 Å². The van der Waals surface area contributed by atoms with E-state index in [0.717, 1.165) is 13.1 Å². The Hall–Kier alpha value is -1.67. The number of ether oxygens (including phenoxy) is 2. The lowest BCUT2D eigenvalue weighted by Gasteiger charge is -2.27. The zero-order chi connectivity index (χ0) is 16.0. The number of carbonyl (C=O) groups is 1. The van der Waals surface area contributed by atoms with Crippen LogP contribution in [0.2, 0.25) is 0 Å². The third-order valence-corrected chi connectivity index (χ3v) is 3.06. The molecule has 0 unspecified atom stereocenters. The number of benzene rings is 1. The van der Waals surface area contributed by atoms with Crippen molar-refractivity contribution in [1.29, 1.82) is 0 Å². The first-order valence-electron chi connectivity index (χ1n) is 6.85. The van der Waals surface area contributed by atoms with Crippen LogP contribution >= 0.6 is 12.4 Å². The summed E-state index contributed by atoms with van der Waals surface area (Å²) in [6, 6.07) is 5.98. The SMILES string of the molecule is Cl.O=C(COc1ccccc1OCC(F)(F)F)N1CCNCC1. The second kappa shape index (κ2) is 8.83. The van der Waals surface area contributed by atoms with Crippen molar-refractivity contribution in [2.75, 3.05) is 39.4 Å². The number of amides is 1. The molecule has 1 aromatic carbocycles. The standard InChI is InChI=1S/C14H17F3N2O3.ClH/c15-14(16,17)10-22-12-4-2-1-3-11(12)21-9-13(20)19-7-5-18-6-8-19;/h1-4,18H,5-10H2;1H. The fraction of sp³-hybridized carbons (Fsp3) is 0.500. The predicted octanol–water partition coefficient (Wildman–Crippen LogP) is 1.86. The molecule has 1 saturated heterocycles. The number of carbonyl (C=O) groups excluding carboxylic acids is 1. The maximum absolute atomic E-state index is 12.2. The molecule has 5 nitrogen and oxygen atoms in total. The van der Waals surface area contributed by atoms with Crippen molar-refractivity contribution in [3.8, 4) is 11.5 Å². The maximum atomic E-state index is 12.2. The first kappa shape index (κ1) is 19.4. The monoisotopic (exact) mass is 354 g/mol. The van der Waals surface area contributed by atoms with Gasteiger partial charge in [-0.15, -0.1) is 12.4 Å². The van der Waals surface area contributed by atoms with Crippen LogP contribution in [0.25, 0.3) is 0 Å². The van der Waals surface area contributed by atoms with E-state index in [9.17, 15) is 18.0 Å². The quantitative estimate of drug-likeness (QED) is 0.877. The van der Waals surface area contributed by atoms with Gasteiger partial charge in [-0.25, -0.2) is 0 Å². The van der Waals surface area contributed by atoms with Gasteiger partial charge in [0.2, 0.25) is 0 Å². The van der Waals surface area contributed by atoms with Gasteiger partial charge < -0.3 is 19.7 Å². The molecular weight excluding hydrogens is 337 g/mol. The van der Waals surface area contributed by atoms with E-state index in [4.69, 9.17) is 9.47 Å². The number of para-hydroxylation sites is 2. The van der Waals surface area contributed by atoms with Crippen LogP contribution in [0.1, 0.15) is 0 Å². The zero-order valence-corrected chi connectivity index (χ0v) is 13.1. The summed E-state index contributed by atoms with van der Waals surface area (Å²) < 4.78 is 46.6. The summed E-state index contributed by atoms with van der Waals surface area (Å²) in [5, 5.41) is 3.12. The third kappa shape index (κ3) is 6.54. The van der Waals surface area contributed by atoms with Crippen LogP contribution in [0, 0.1) is 0 Å². The van der Waals surface area contributed by atoms with Gasteiger partial charge in [-0.2, -0.15) is 13.2 Å². The van der Waals surface area contributed by atoms with Crippen molar-refractivity contribution >= 4 is 18.3 Å². The average molecular weight is 355 g/mol. The summed E-state index contributed by atoms with van der Waals surface area (Å²) in [6.07, 6.45) is -4.43. The van der Waals surface area contributed by atoms with E-state index >= 15 is 0 Å². The molecule has 9 heteroatoms. The van der Waals surface area contributed by atoms with Crippen molar-refractivity contribution in [3.05, 3.63) is 24.3 Å². The van der Waals surface area contributed by atoms with Crippen molar-refractivity contribution in [2.24, 2.45) is 0 Å². The summed E-state index contributed by atoms with van der Waals surface area (Å²) in [4.78, 5) is 13.6. The smallest absolute Gasteiger partial charge is 0.422 e. The fourth-order valence-electron chi connectivity index (χ4n) is 1.99. The molecule has 1 heterocycles. The van der Waals surface area contributed by atoms with Gasteiger partial charge in [0, 0.05) is 26.2 Å². The molecule has 0 aliphatic carbocycles. The van der Waals surface area contributed by atoms with Gasteiger partial charge in [0.15, 0.2) is 24.7 Å². The van der Waals surface area contributed by atoms with Crippen LogP contribution in [0.4, 0.5) is 13.2 Å². The number of hydrogen-bond acceptors (Lipinski definition) is 4. The van der Waals surface area contributed by atoms with E-state index in [2.05, 4.69) is 5.32 Å². The Balaban J connectivity index is 0.00000264. The van der Waals surface area contributed by atoms with Crippen LogP contribution in [0.3, 0.4) is 0 Å². The van der Waals surface area contributed by atoms with Crippen molar-refractivity contribution < 1.29 is 27.4 Å². The second-order valence-electron chi connectivity index (χ2n) is 4.77. The van der Waals surface area contributed by atoms with E-state index in [1.165, 1.54) is 18.2 Å². The molecule has 2 rings (SSSR count). The molecule has 0 radical (unpaired) electrons. The number of nitrogens with one attached hydrogen (secondary N) is 1. The molecule has 1 amide bonds. The highest BCUT2D eigenvalue weighted by atomic mass is 35.5. The molecule has 23 heavy (non-hydrogen) atoms. The molecule has 0 bridgehead atoms. The van der Waals surface area contributed by atoms with Crippen LogP contribution < -0.4 is 14.8 Å². The van der Waals surface area contributed by atoms with Crippen LogP contribution in [0.15, 0.2) is 24.3 Å². The summed E-state index contributed by atoms with van der Waals surface area (Å²) >= 11 is 0. The van der Waals surface area contributed by atoms with E-state index in [-0.39, 0.29) is 36.4 Å². The van der Waals surface area contributed by atoms with E-state index in [1.54, 1.807) is 11.0 Å². The topological polar surface area (TPSA) is 50.8 Å². The van der Waals surface area contributed by atoms with Gasteiger partial charge in [-0.3, -0.25) is 4.79 Å². The first-order valence-corrected chi connectivity index (χ1v) is 6.85.